The molecule has 0 fully saturated rings. The predicted molar refractivity (Wildman–Crippen MR) is 78.3 cm³/mol. The van der Waals surface area contributed by atoms with Gasteiger partial charge >= 0.3 is 12.1 Å². The summed E-state index contributed by atoms with van der Waals surface area (Å²) in [4.78, 5) is 13.2. The number of hydrogen-bond acceptors (Lipinski definition) is 4. The zero-order chi connectivity index (χ0) is 17.1. The molecule has 0 N–H and O–H groups in total. The summed E-state index contributed by atoms with van der Waals surface area (Å²) in [5, 5.41) is -0.714. The molecular weight excluding hydrogens is 319 g/mol. The van der Waals surface area contributed by atoms with Gasteiger partial charge in [-0.15, -0.1) is 0 Å². The molecule has 0 amide bonds. The van der Waals surface area contributed by atoms with Crippen LogP contribution in [-0.2, 0) is 20.3 Å². The van der Waals surface area contributed by atoms with Gasteiger partial charge in [0.15, 0.2) is 0 Å². The van der Waals surface area contributed by atoms with E-state index in [1.165, 1.54) is 11.9 Å². The van der Waals surface area contributed by atoms with Crippen LogP contribution in [0.3, 0.4) is 0 Å². The van der Waals surface area contributed by atoms with Crippen LogP contribution in [0.4, 0.5) is 13.2 Å². The second-order valence-electron chi connectivity index (χ2n) is 5.26. The zero-order valence-corrected chi connectivity index (χ0v) is 13.8. The van der Waals surface area contributed by atoms with Crippen molar-refractivity contribution in [3.05, 3.63) is 22.8 Å². The number of ether oxygens (including phenoxy) is 1. The number of allylic oxidation sites excluding steroid dienone is 2. The summed E-state index contributed by atoms with van der Waals surface area (Å²) in [5.74, 6) is -0.863. The number of likely N-dealkylation sites (N-methyl/N-ethyl adjacent to an activating group) is 1. The number of carbonyl (C=O) groups excluding carboxylic acids is 1. The van der Waals surface area contributed by atoms with Gasteiger partial charge in [-0.25, -0.2) is 0 Å². The molecule has 0 aromatic heterocycles. The van der Waals surface area contributed by atoms with Gasteiger partial charge in [0.05, 0.1) is 23.0 Å². The first kappa shape index (κ1) is 18.7. The largest absolute Gasteiger partial charge is 0.465 e. The maximum absolute atomic E-state index is 12.7. The zero-order valence-electron chi connectivity index (χ0n) is 12.9. The van der Waals surface area contributed by atoms with E-state index in [4.69, 9.17) is 4.74 Å². The van der Waals surface area contributed by atoms with Crippen molar-refractivity contribution in [1.82, 2.24) is 4.90 Å². The first-order chi connectivity index (χ1) is 10.1. The minimum absolute atomic E-state index is 0.159. The van der Waals surface area contributed by atoms with E-state index in [-0.39, 0.29) is 17.6 Å². The van der Waals surface area contributed by atoms with E-state index in [0.29, 0.717) is 0 Å². The van der Waals surface area contributed by atoms with Crippen LogP contribution in [0.25, 0.3) is 0 Å². The van der Waals surface area contributed by atoms with Crippen LogP contribution in [-0.4, -0.2) is 46.7 Å². The van der Waals surface area contributed by atoms with Crippen molar-refractivity contribution in [1.29, 1.82) is 0 Å². The Morgan fingerprint density at radius 2 is 2.00 bits per heavy atom. The van der Waals surface area contributed by atoms with Gasteiger partial charge in [0.25, 0.3) is 0 Å². The molecule has 0 aliphatic carbocycles. The number of hydrogen-bond donors (Lipinski definition) is 0. The Hall–Kier alpha value is -1.31. The van der Waals surface area contributed by atoms with Crippen LogP contribution in [0.15, 0.2) is 22.8 Å². The second kappa shape index (κ2) is 7.30. The molecule has 4 nitrogen and oxygen atoms in total. The Kier molecular flexibility index (Phi) is 6.22. The number of alkyl halides is 3. The maximum atomic E-state index is 12.7. The third kappa shape index (κ3) is 4.34. The van der Waals surface area contributed by atoms with Crippen LogP contribution in [0.2, 0.25) is 0 Å². The summed E-state index contributed by atoms with van der Waals surface area (Å²) >= 11 is 0. The van der Waals surface area contributed by atoms with Crippen molar-refractivity contribution in [3.63, 3.8) is 0 Å². The van der Waals surface area contributed by atoms with Crippen molar-refractivity contribution < 1.29 is 26.9 Å². The number of nitrogens with zero attached hydrogens (tertiary/aromatic N) is 1. The lowest BCUT2D eigenvalue weighted by atomic mass is 10.1. The van der Waals surface area contributed by atoms with Crippen molar-refractivity contribution in [2.75, 3.05) is 20.2 Å². The fourth-order valence-corrected chi connectivity index (χ4v) is 3.62. The van der Waals surface area contributed by atoms with Gasteiger partial charge in [0.2, 0.25) is 0 Å². The maximum Gasteiger partial charge on any atom is 0.414 e. The van der Waals surface area contributed by atoms with E-state index in [1.54, 1.807) is 20.8 Å². The molecule has 8 heteroatoms. The third-order valence-corrected chi connectivity index (χ3v) is 5.19. The summed E-state index contributed by atoms with van der Waals surface area (Å²) in [6, 6.07) is 0. The Labute approximate surface area is 130 Å². The second-order valence-corrected chi connectivity index (χ2v) is 6.79. The first-order valence-corrected chi connectivity index (χ1v) is 8.07. The van der Waals surface area contributed by atoms with Crippen molar-refractivity contribution in [3.8, 4) is 0 Å². The summed E-state index contributed by atoms with van der Waals surface area (Å²) in [5.41, 5.74) is -0.715. The quantitative estimate of drug-likeness (QED) is 0.723. The van der Waals surface area contributed by atoms with Gasteiger partial charge < -0.3 is 9.64 Å². The van der Waals surface area contributed by atoms with Crippen LogP contribution in [0.1, 0.15) is 20.8 Å². The molecule has 0 saturated heterocycles. The van der Waals surface area contributed by atoms with Gasteiger partial charge in [0, 0.05) is 13.6 Å². The Morgan fingerprint density at radius 3 is 2.41 bits per heavy atom. The molecule has 2 atom stereocenters. The summed E-state index contributed by atoms with van der Waals surface area (Å²) in [6.45, 7) is 4.85. The average molecular weight is 339 g/mol. The molecule has 1 rings (SSSR count). The molecule has 0 aromatic rings. The first-order valence-electron chi connectivity index (χ1n) is 6.86. The van der Waals surface area contributed by atoms with Crippen molar-refractivity contribution in [2.45, 2.75) is 32.2 Å². The van der Waals surface area contributed by atoms with Gasteiger partial charge in [0.1, 0.15) is 10.3 Å². The summed E-state index contributed by atoms with van der Waals surface area (Å²) in [7, 11) is -0.356. The molecule has 22 heavy (non-hydrogen) atoms. The van der Waals surface area contributed by atoms with E-state index >= 15 is 0 Å². The van der Waals surface area contributed by atoms with Crippen LogP contribution >= 0.6 is 0 Å². The van der Waals surface area contributed by atoms with E-state index in [2.05, 4.69) is 0 Å². The van der Waals surface area contributed by atoms with Crippen LogP contribution in [0, 0.1) is 5.92 Å². The molecule has 0 bridgehead atoms. The predicted octanol–water partition coefficient (Wildman–Crippen LogP) is 2.60. The Morgan fingerprint density at radius 1 is 1.41 bits per heavy atom. The fraction of sp³-hybridized carbons (Fsp3) is 0.643. The third-order valence-electron chi connectivity index (χ3n) is 3.14. The van der Waals surface area contributed by atoms with E-state index in [0.717, 1.165) is 12.2 Å². The van der Waals surface area contributed by atoms with E-state index < -0.39 is 40.3 Å². The minimum atomic E-state index is -4.42. The SMILES string of the molecule is CCOC(=O)C(C(C)C)S(=O)C1=CC=C(C(F)(F)F)CN1C. The molecule has 0 saturated carbocycles. The van der Waals surface area contributed by atoms with Crippen molar-refractivity contribution >= 4 is 16.8 Å². The summed E-state index contributed by atoms with van der Waals surface area (Å²) < 4.78 is 55.6. The van der Waals surface area contributed by atoms with Gasteiger partial charge in [-0.05, 0) is 25.0 Å². The highest BCUT2D eigenvalue weighted by atomic mass is 32.2. The van der Waals surface area contributed by atoms with Gasteiger partial charge in [-0.1, -0.05) is 13.8 Å². The number of esters is 1. The molecule has 2 unspecified atom stereocenters. The highest BCUT2D eigenvalue weighted by Crippen LogP contribution is 2.31. The molecule has 1 aliphatic heterocycles. The molecule has 1 heterocycles. The lowest BCUT2D eigenvalue weighted by Crippen LogP contribution is -2.39. The normalized spacial score (nSPS) is 18.6. The molecule has 0 spiro atoms. The fourth-order valence-electron chi connectivity index (χ4n) is 2.05. The number of halogens is 3. The molecule has 0 radical (unpaired) electrons. The standard InChI is InChI=1S/C14H20F3NO3S/c1-5-21-13(19)12(9(2)3)22(20)11-7-6-10(8-18(11)4)14(15,16)17/h6-7,9,12H,5,8H2,1-4H3. The average Bonchev–Trinajstić information content (AvgIpc) is 2.37. The van der Waals surface area contributed by atoms with Crippen LogP contribution in [0.5, 0.6) is 0 Å². The lowest BCUT2D eigenvalue weighted by molar-refractivity contribution is -0.143. The monoisotopic (exact) mass is 339 g/mol. The van der Waals surface area contributed by atoms with E-state index in [9.17, 15) is 22.2 Å². The molecule has 126 valence electrons. The molecule has 0 aromatic carbocycles. The van der Waals surface area contributed by atoms with Gasteiger partial charge in [-0.3, -0.25) is 9.00 Å². The highest BCUT2D eigenvalue weighted by Gasteiger charge is 2.38. The number of rotatable bonds is 5. The van der Waals surface area contributed by atoms with Gasteiger partial charge in [-0.2, -0.15) is 13.2 Å². The topological polar surface area (TPSA) is 46.6 Å². The molecular formula is C14H20F3NO3S. The highest BCUT2D eigenvalue weighted by molar-refractivity contribution is 7.90. The minimum Gasteiger partial charge on any atom is -0.465 e. The van der Waals surface area contributed by atoms with Crippen LogP contribution < -0.4 is 0 Å². The smallest absolute Gasteiger partial charge is 0.414 e. The summed E-state index contributed by atoms with van der Waals surface area (Å²) in [6.07, 6.45) is -2.34. The Bertz CT molecular complexity index is 512. The lowest BCUT2D eigenvalue weighted by Gasteiger charge is -2.30. The Balaban J connectivity index is 3.07. The number of carbonyl (C=O) groups is 1. The van der Waals surface area contributed by atoms with E-state index in [1.807, 2.05) is 0 Å². The molecule has 1 aliphatic rings. The van der Waals surface area contributed by atoms with Crippen molar-refractivity contribution in [2.24, 2.45) is 5.92 Å².